The molecule has 110 valence electrons. The lowest BCUT2D eigenvalue weighted by atomic mass is 9.99. The Morgan fingerprint density at radius 2 is 1.11 bits per heavy atom. The summed E-state index contributed by atoms with van der Waals surface area (Å²) in [5, 5.41) is 0. The summed E-state index contributed by atoms with van der Waals surface area (Å²) < 4.78 is 29.1. The van der Waals surface area contributed by atoms with Gasteiger partial charge in [-0.05, 0) is 47.0 Å². The third-order valence-electron chi connectivity index (χ3n) is 1.43. The van der Waals surface area contributed by atoms with E-state index in [-0.39, 0.29) is 5.41 Å². The van der Waals surface area contributed by atoms with Crippen molar-refractivity contribution < 1.29 is 18.1 Å². The number of rotatable bonds is 4. The zero-order chi connectivity index (χ0) is 14.8. The third-order valence-corrected chi connectivity index (χ3v) is 3.41. The van der Waals surface area contributed by atoms with Gasteiger partial charge in [-0.15, -0.1) is 0 Å². The second-order valence-corrected chi connectivity index (χ2v) is 9.21. The van der Waals surface area contributed by atoms with Crippen LogP contribution >= 0.6 is 7.82 Å². The molecule has 4 nitrogen and oxygen atoms in total. The number of hydrogen-bond acceptors (Lipinski definition) is 4. The molecule has 0 aliphatic rings. The van der Waals surface area contributed by atoms with Crippen molar-refractivity contribution in [1.29, 1.82) is 0 Å². The Bertz CT molecular complexity index is 284. The predicted octanol–water partition coefficient (Wildman–Crippen LogP) is 4.79. The van der Waals surface area contributed by atoms with Crippen LogP contribution in [0.15, 0.2) is 0 Å². The van der Waals surface area contributed by atoms with E-state index in [1.54, 1.807) is 0 Å². The zero-order valence-corrected chi connectivity index (χ0v) is 14.2. The van der Waals surface area contributed by atoms with Crippen LogP contribution < -0.4 is 0 Å². The van der Waals surface area contributed by atoms with Gasteiger partial charge in [-0.3, -0.25) is 13.6 Å². The number of phosphoric ester groups is 1. The summed E-state index contributed by atoms with van der Waals surface area (Å²) in [5.41, 5.74) is -1.27. The highest BCUT2D eigenvalue weighted by Gasteiger charge is 2.38. The Labute approximate surface area is 112 Å². The Morgan fingerprint density at radius 1 is 0.778 bits per heavy atom. The van der Waals surface area contributed by atoms with Crippen molar-refractivity contribution >= 4 is 7.82 Å². The van der Waals surface area contributed by atoms with Crippen molar-refractivity contribution in [2.45, 2.75) is 73.5 Å². The molecule has 18 heavy (non-hydrogen) atoms. The van der Waals surface area contributed by atoms with E-state index >= 15 is 0 Å². The van der Waals surface area contributed by atoms with Crippen molar-refractivity contribution in [1.82, 2.24) is 0 Å². The minimum atomic E-state index is -3.56. The van der Waals surface area contributed by atoms with Crippen LogP contribution in [0.4, 0.5) is 0 Å². The molecule has 0 saturated carbocycles. The van der Waals surface area contributed by atoms with E-state index in [9.17, 15) is 4.57 Å². The topological polar surface area (TPSA) is 44.8 Å². The summed E-state index contributed by atoms with van der Waals surface area (Å²) in [5.74, 6) is 0. The predicted molar refractivity (Wildman–Crippen MR) is 74.7 cm³/mol. The van der Waals surface area contributed by atoms with Crippen LogP contribution in [0.3, 0.4) is 0 Å². The van der Waals surface area contributed by atoms with Crippen molar-refractivity contribution in [3.63, 3.8) is 0 Å². The first-order valence-electron chi connectivity index (χ1n) is 6.28. The van der Waals surface area contributed by atoms with Crippen molar-refractivity contribution in [2.75, 3.05) is 6.61 Å². The van der Waals surface area contributed by atoms with Crippen molar-refractivity contribution in [2.24, 2.45) is 5.41 Å². The molecule has 0 fully saturated rings. The highest BCUT2D eigenvalue weighted by molar-refractivity contribution is 7.48. The normalized spacial score (nSPS) is 14.9. The Hall–Kier alpha value is 0.110. The Morgan fingerprint density at radius 3 is 1.33 bits per heavy atom. The van der Waals surface area contributed by atoms with Gasteiger partial charge in [0.1, 0.15) is 0 Å². The highest BCUT2D eigenvalue weighted by Crippen LogP contribution is 2.56. The molecule has 0 amide bonds. The average Bonchev–Trinajstić information content (AvgIpc) is 1.91. The molecule has 5 heteroatoms. The van der Waals surface area contributed by atoms with Gasteiger partial charge in [0.25, 0.3) is 0 Å². The highest BCUT2D eigenvalue weighted by atomic mass is 31.2. The van der Waals surface area contributed by atoms with Gasteiger partial charge in [0.05, 0.1) is 17.8 Å². The maximum absolute atomic E-state index is 12.6. The van der Waals surface area contributed by atoms with Crippen LogP contribution in [0.2, 0.25) is 0 Å². The molecule has 0 aromatic rings. The third kappa shape index (κ3) is 10.1. The van der Waals surface area contributed by atoms with Crippen molar-refractivity contribution in [3.8, 4) is 0 Å². The van der Waals surface area contributed by atoms with Crippen LogP contribution in [0.25, 0.3) is 0 Å². The maximum Gasteiger partial charge on any atom is 0.475 e. The fourth-order valence-electron chi connectivity index (χ4n) is 1.01. The average molecular weight is 280 g/mol. The monoisotopic (exact) mass is 280 g/mol. The lowest BCUT2D eigenvalue weighted by Gasteiger charge is -2.32. The molecule has 0 aromatic heterocycles. The van der Waals surface area contributed by atoms with Gasteiger partial charge in [0.2, 0.25) is 0 Å². The summed E-state index contributed by atoms with van der Waals surface area (Å²) >= 11 is 0. The van der Waals surface area contributed by atoms with Gasteiger partial charge in [-0.2, -0.15) is 0 Å². The zero-order valence-electron chi connectivity index (χ0n) is 13.3. The smallest absolute Gasteiger partial charge is 0.286 e. The molecule has 0 aliphatic carbocycles. The van der Waals surface area contributed by atoms with E-state index in [4.69, 9.17) is 13.6 Å². The standard InChI is InChI=1S/C13H29O4P/c1-11(2,3)10-15-18(14,16-12(4,5)6)17-13(7,8)9/h10H2,1-9H3. The first-order chi connectivity index (χ1) is 7.62. The van der Waals surface area contributed by atoms with E-state index < -0.39 is 19.0 Å². The summed E-state index contributed by atoms with van der Waals surface area (Å²) in [4.78, 5) is 0. The molecule has 0 N–H and O–H groups in total. The first-order valence-corrected chi connectivity index (χ1v) is 7.74. The minimum Gasteiger partial charge on any atom is -0.286 e. The summed E-state index contributed by atoms with van der Waals surface area (Å²) in [6.45, 7) is 17.3. The molecule has 0 aromatic carbocycles. The molecule has 0 aliphatic heterocycles. The van der Waals surface area contributed by atoms with Gasteiger partial charge in [0, 0.05) is 0 Å². The summed E-state index contributed by atoms with van der Waals surface area (Å²) in [7, 11) is -3.56. The van der Waals surface area contributed by atoms with Crippen LogP contribution in [-0.4, -0.2) is 17.8 Å². The number of hydrogen-bond donors (Lipinski definition) is 0. The SMILES string of the molecule is CC(C)(C)COP(=O)(OC(C)(C)C)OC(C)(C)C. The first kappa shape index (κ1) is 18.1. The molecule has 0 radical (unpaired) electrons. The lowest BCUT2D eigenvalue weighted by Crippen LogP contribution is -2.26. The van der Waals surface area contributed by atoms with Crippen LogP contribution in [0.5, 0.6) is 0 Å². The fraction of sp³-hybridized carbons (Fsp3) is 1.00. The largest absolute Gasteiger partial charge is 0.475 e. The van der Waals surface area contributed by atoms with Gasteiger partial charge in [-0.25, -0.2) is 4.57 Å². The molecule has 0 atom stereocenters. The van der Waals surface area contributed by atoms with Gasteiger partial charge < -0.3 is 0 Å². The van der Waals surface area contributed by atoms with Gasteiger partial charge in [0.15, 0.2) is 0 Å². The molecule has 0 bridgehead atoms. The molecule has 0 spiro atoms. The minimum absolute atomic E-state index is 0.0991. The van der Waals surface area contributed by atoms with Crippen molar-refractivity contribution in [3.05, 3.63) is 0 Å². The molecule has 0 heterocycles. The van der Waals surface area contributed by atoms with E-state index in [1.165, 1.54) is 0 Å². The van der Waals surface area contributed by atoms with E-state index in [0.29, 0.717) is 6.61 Å². The Balaban J connectivity index is 4.88. The summed E-state index contributed by atoms with van der Waals surface area (Å²) in [6, 6.07) is 0. The lowest BCUT2D eigenvalue weighted by molar-refractivity contribution is -0.00561. The van der Waals surface area contributed by atoms with E-state index in [0.717, 1.165) is 0 Å². The molecule has 0 rings (SSSR count). The summed E-state index contributed by atoms with van der Waals surface area (Å²) in [6.07, 6.45) is 0. The van der Waals surface area contributed by atoms with E-state index in [2.05, 4.69) is 0 Å². The van der Waals surface area contributed by atoms with E-state index in [1.807, 2.05) is 62.3 Å². The van der Waals surface area contributed by atoms with Gasteiger partial charge >= 0.3 is 7.82 Å². The van der Waals surface area contributed by atoms with Crippen LogP contribution in [0.1, 0.15) is 62.3 Å². The molecular weight excluding hydrogens is 251 g/mol. The molecular formula is C13H29O4P. The Kier molecular flexibility index (Phi) is 5.65. The van der Waals surface area contributed by atoms with Crippen LogP contribution in [0, 0.1) is 5.41 Å². The maximum atomic E-state index is 12.6. The second-order valence-electron chi connectivity index (χ2n) is 7.69. The molecule has 0 unspecified atom stereocenters. The van der Waals surface area contributed by atoms with Gasteiger partial charge in [-0.1, -0.05) is 20.8 Å². The quantitative estimate of drug-likeness (QED) is 0.695. The van der Waals surface area contributed by atoms with Crippen LogP contribution in [-0.2, 0) is 18.1 Å². The second kappa shape index (κ2) is 5.62. The molecule has 0 saturated heterocycles. The number of phosphoric acid groups is 1. The fourth-order valence-corrected chi connectivity index (χ4v) is 3.04.